The molecule has 0 amide bonds. The number of fused-ring (bicyclic) bond motifs is 1. The van der Waals surface area contributed by atoms with Gasteiger partial charge < -0.3 is 4.57 Å². The first-order chi connectivity index (χ1) is 12.3. The number of rotatable bonds is 4. The van der Waals surface area contributed by atoms with Crippen LogP contribution in [0.15, 0.2) is 36.7 Å². The van der Waals surface area contributed by atoms with E-state index in [2.05, 4.69) is 43.7 Å². The van der Waals surface area contributed by atoms with Gasteiger partial charge >= 0.3 is 0 Å². The van der Waals surface area contributed by atoms with E-state index >= 15 is 0 Å². The van der Waals surface area contributed by atoms with Gasteiger partial charge in [0, 0.05) is 55.4 Å². The van der Waals surface area contributed by atoms with Gasteiger partial charge in [0.2, 0.25) is 0 Å². The van der Waals surface area contributed by atoms with Crippen LogP contribution in [-0.2, 0) is 7.05 Å². The zero-order chi connectivity index (χ0) is 18.5. The normalized spacial score (nSPS) is 16.2. The standard InChI is InChI=1S/C21H25FN4/c1-14-23-10-20(25(14)4)15-5-6-16-9-24-19(8-17(16)7-15)18-11-26(12-18)13-21(2,3)22/h5-10,18H,11-13H2,1-4H3. The topological polar surface area (TPSA) is 34.0 Å². The van der Waals surface area contributed by atoms with E-state index < -0.39 is 5.67 Å². The van der Waals surface area contributed by atoms with Crippen molar-refractivity contribution in [1.29, 1.82) is 0 Å². The lowest BCUT2D eigenvalue weighted by atomic mass is 9.93. The highest BCUT2D eigenvalue weighted by Gasteiger charge is 2.33. The van der Waals surface area contributed by atoms with Crippen molar-refractivity contribution in [3.63, 3.8) is 0 Å². The minimum atomic E-state index is -1.14. The molecule has 26 heavy (non-hydrogen) atoms. The van der Waals surface area contributed by atoms with Gasteiger partial charge in [0.1, 0.15) is 11.5 Å². The van der Waals surface area contributed by atoms with E-state index in [1.54, 1.807) is 13.8 Å². The predicted molar refractivity (Wildman–Crippen MR) is 103 cm³/mol. The molecular formula is C21H25FN4. The molecule has 0 unspecified atom stereocenters. The molecule has 1 aliphatic rings. The fourth-order valence-corrected chi connectivity index (χ4v) is 3.73. The van der Waals surface area contributed by atoms with Crippen LogP contribution in [0.5, 0.6) is 0 Å². The van der Waals surface area contributed by atoms with Gasteiger partial charge in [0.15, 0.2) is 0 Å². The van der Waals surface area contributed by atoms with Crippen molar-refractivity contribution in [2.45, 2.75) is 32.4 Å². The molecule has 5 heteroatoms. The monoisotopic (exact) mass is 352 g/mol. The summed E-state index contributed by atoms with van der Waals surface area (Å²) in [5, 5.41) is 2.33. The van der Waals surface area contributed by atoms with Crippen LogP contribution in [0.2, 0.25) is 0 Å². The molecular weight excluding hydrogens is 327 g/mol. The van der Waals surface area contributed by atoms with Crippen LogP contribution < -0.4 is 0 Å². The molecule has 0 N–H and O–H groups in total. The van der Waals surface area contributed by atoms with Crippen LogP contribution in [0.25, 0.3) is 22.0 Å². The SMILES string of the molecule is Cc1ncc(-c2ccc3cnc(C4CN(CC(C)(C)F)C4)cc3c2)n1C. The molecule has 1 saturated heterocycles. The van der Waals surface area contributed by atoms with Gasteiger partial charge in [0.25, 0.3) is 0 Å². The molecule has 0 atom stereocenters. The van der Waals surface area contributed by atoms with Crippen molar-refractivity contribution in [2.75, 3.05) is 19.6 Å². The maximum Gasteiger partial charge on any atom is 0.118 e. The molecule has 0 spiro atoms. The van der Waals surface area contributed by atoms with Crippen LogP contribution in [0.4, 0.5) is 4.39 Å². The van der Waals surface area contributed by atoms with Crippen molar-refractivity contribution in [2.24, 2.45) is 7.05 Å². The molecule has 3 heterocycles. The Bertz CT molecular complexity index is 948. The van der Waals surface area contributed by atoms with E-state index in [1.807, 2.05) is 26.4 Å². The number of nitrogens with zero attached hydrogens (tertiary/aromatic N) is 4. The second kappa shape index (κ2) is 6.16. The average Bonchev–Trinajstić information content (AvgIpc) is 2.88. The van der Waals surface area contributed by atoms with Gasteiger partial charge in [-0.05, 0) is 38.3 Å². The Hall–Kier alpha value is -2.27. The third-order valence-electron chi connectivity index (χ3n) is 5.23. The van der Waals surface area contributed by atoms with Crippen LogP contribution >= 0.6 is 0 Å². The Morgan fingerprint density at radius 1 is 1.12 bits per heavy atom. The van der Waals surface area contributed by atoms with Crippen molar-refractivity contribution in [1.82, 2.24) is 19.4 Å². The van der Waals surface area contributed by atoms with Gasteiger partial charge in [-0.1, -0.05) is 12.1 Å². The lowest BCUT2D eigenvalue weighted by molar-refractivity contribution is 0.0667. The zero-order valence-electron chi connectivity index (χ0n) is 15.8. The molecule has 4 nitrogen and oxygen atoms in total. The Kier molecular flexibility index (Phi) is 4.07. The summed E-state index contributed by atoms with van der Waals surface area (Å²) in [4.78, 5) is 11.2. The van der Waals surface area contributed by atoms with Crippen molar-refractivity contribution < 1.29 is 4.39 Å². The Labute approximate surface area is 153 Å². The van der Waals surface area contributed by atoms with Gasteiger partial charge in [-0.15, -0.1) is 0 Å². The first kappa shape index (κ1) is 17.2. The van der Waals surface area contributed by atoms with E-state index in [9.17, 15) is 4.39 Å². The number of halogens is 1. The van der Waals surface area contributed by atoms with E-state index in [1.165, 1.54) is 5.39 Å². The van der Waals surface area contributed by atoms with Crippen LogP contribution in [0.1, 0.15) is 31.3 Å². The molecule has 0 aliphatic carbocycles. The maximum atomic E-state index is 13.8. The first-order valence-corrected chi connectivity index (χ1v) is 9.10. The van der Waals surface area contributed by atoms with Crippen molar-refractivity contribution in [3.8, 4) is 11.3 Å². The summed E-state index contributed by atoms with van der Waals surface area (Å²) in [5.74, 6) is 1.39. The highest BCUT2D eigenvalue weighted by Crippen LogP contribution is 2.31. The van der Waals surface area contributed by atoms with Crippen LogP contribution in [0, 0.1) is 6.92 Å². The fraction of sp³-hybridized carbons (Fsp3) is 0.429. The molecule has 3 aromatic rings. The third-order valence-corrected chi connectivity index (χ3v) is 5.23. The van der Waals surface area contributed by atoms with Gasteiger partial charge in [-0.3, -0.25) is 9.88 Å². The molecule has 136 valence electrons. The summed E-state index contributed by atoms with van der Waals surface area (Å²) in [6, 6.07) is 8.62. The summed E-state index contributed by atoms with van der Waals surface area (Å²) in [6.07, 6.45) is 3.87. The molecule has 2 aromatic heterocycles. The summed E-state index contributed by atoms with van der Waals surface area (Å²) in [7, 11) is 2.04. The van der Waals surface area contributed by atoms with Gasteiger partial charge in [-0.2, -0.15) is 0 Å². The van der Waals surface area contributed by atoms with E-state index in [0.717, 1.165) is 41.3 Å². The first-order valence-electron chi connectivity index (χ1n) is 9.10. The van der Waals surface area contributed by atoms with E-state index in [0.29, 0.717) is 12.5 Å². The minimum Gasteiger partial charge on any atom is -0.331 e. The molecule has 0 saturated carbocycles. The molecule has 0 bridgehead atoms. The van der Waals surface area contributed by atoms with E-state index in [-0.39, 0.29) is 0 Å². The van der Waals surface area contributed by atoms with E-state index in [4.69, 9.17) is 0 Å². The number of aromatic nitrogens is 3. The number of hydrogen-bond donors (Lipinski definition) is 0. The maximum absolute atomic E-state index is 13.8. The van der Waals surface area contributed by atoms with Gasteiger partial charge in [0.05, 0.1) is 11.9 Å². The highest BCUT2D eigenvalue weighted by molar-refractivity contribution is 5.86. The highest BCUT2D eigenvalue weighted by atomic mass is 19.1. The second-order valence-electron chi connectivity index (χ2n) is 8.03. The summed E-state index contributed by atoms with van der Waals surface area (Å²) >= 11 is 0. The minimum absolute atomic E-state index is 0.393. The lowest BCUT2D eigenvalue weighted by Crippen LogP contribution is -2.49. The molecule has 1 fully saturated rings. The zero-order valence-corrected chi connectivity index (χ0v) is 15.8. The Morgan fingerprint density at radius 3 is 2.54 bits per heavy atom. The number of hydrogen-bond acceptors (Lipinski definition) is 3. The lowest BCUT2D eigenvalue weighted by Gasteiger charge is -2.41. The number of alkyl halides is 1. The average molecular weight is 352 g/mol. The number of benzene rings is 1. The van der Waals surface area contributed by atoms with Crippen molar-refractivity contribution >= 4 is 10.8 Å². The number of aryl methyl sites for hydroxylation is 1. The van der Waals surface area contributed by atoms with Crippen LogP contribution in [-0.4, -0.2) is 44.7 Å². The van der Waals surface area contributed by atoms with Crippen molar-refractivity contribution in [3.05, 3.63) is 48.2 Å². The predicted octanol–water partition coefficient (Wildman–Crippen LogP) is 4.09. The van der Waals surface area contributed by atoms with Crippen LogP contribution in [0.3, 0.4) is 0 Å². The quantitative estimate of drug-likeness (QED) is 0.709. The molecule has 1 aromatic carbocycles. The Balaban J connectivity index is 1.58. The summed E-state index contributed by atoms with van der Waals surface area (Å²) in [5.41, 5.74) is 2.23. The smallest absolute Gasteiger partial charge is 0.118 e. The fourth-order valence-electron chi connectivity index (χ4n) is 3.73. The Morgan fingerprint density at radius 2 is 1.88 bits per heavy atom. The number of imidazole rings is 1. The number of likely N-dealkylation sites (tertiary alicyclic amines) is 1. The van der Waals surface area contributed by atoms with Gasteiger partial charge in [-0.25, -0.2) is 9.37 Å². The largest absolute Gasteiger partial charge is 0.331 e. The molecule has 0 radical (unpaired) electrons. The third kappa shape index (κ3) is 3.23. The molecule has 4 rings (SSSR count). The second-order valence-corrected chi connectivity index (χ2v) is 8.03. The summed E-state index contributed by atoms with van der Waals surface area (Å²) in [6.45, 7) is 7.53. The number of pyridine rings is 1. The summed E-state index contributed by atoms with van der Waals surface area (Å²) < 4.78 is 15.9. The molecule has 1 aliphatic heterocycles.